The van der Waals surface area contributed by atoms with E-state index in [1.807, 2.05) is 10.7 Å². The summed E-state index contributed by atoms with van der Waals surface area (Å²) in [5, 5.41) is 7.86. The van der Waals surface area contributed by atoms with E-state index in [-0.39, 0.29) is 23.3 Å². The summed E-state index contributed by atoms with van der Waals surface area (Å²) in [4.78, 5) is 15.5. The fourth-order valence-corrected chi connectivity index (χ4v) is 3.96. The molecular formula is C23H31FN4O2. The molecule has 2 fully saturated rings. The van der Waals surface area contributed by atoms with E-state index < -0.39 is 0 Å². The second kappa shape index (κ2) is 8.47. The van der Waals surface area contributed by atoms with Gasteiger partial charge in [0, 0.05) is 25.6 Å². The molecule has 4 rings (SSSR count). The Bertz CT molecular complexity index is 878. The zero-order valence-corrected chi connectivity index (χ0v) is 18.0. The lowest BCUT2D eigenvalue weighted by atomic mass is 10.0. The molecule has 30 heavy (non-hydrogen) atoms. The smallest absolute Gasteiger partial charge is 0.269 e. The molecule has 1 aliphatic carbocycles. The number of hydrogen-bond donors (Lipinski definition) is 1. The number of morpholine rings is 1. The predicted octanol–water partition coefficient (Wildman–Crippen LogP) is 3.46. The van der Waals surface area contributed by atoms with Crippen molar-refractivity contribution >= 4 is 5.91 Å². The number of halogens is 1. The normalized spacial score (nSPS) is 18.9. The van der Waals surface area contributed by atoms with Crippen LogP contribution < -0.4 is 5.32 Å². The molecule has 1 aromatic carbocycles. The van der Waals surface area contributed by atoms with E-state index in [2.05, 4.69) is 31.0 Å². The van der Waals surface area contributed by atoms with Crippen LogP contribution in [-0.2, 0) is 10.3 Å². The van der Waals surface area contributed by atoms with Crippen LogP contribution in [0.4, 0.5) is 4.39 Å². The van der Waals surface area contributed by atoms with Crippen molar-refractivity contribution in [2.24, 2.45) is 0 Å². The largest absolute Gasteiger partial charge is 0.379 e. The number of nitrogens with zero attached hydrogens (tertiary/aromatic N) is 3. The van der Waals surface area contributed by atoms with Gasteiger partial charge in [0.15, 0.2) is 0 Å². The highest BCUT2D eigenvalue weighted by Gasteiger charge is 2.32. The van der Waals surface area contributed by atoms with Crippen molar-refractivity contribution in [3.8, 4) is 0 Å². The topological polar surface area (TPSA) is 59.4 Å². The van der Waals surface area contributed by atoms with Crippen LogP contribution in [0, 0.1) is 5.82 Å². The van der Waals surface area contributed by atoms with Crippen LogP contribution >= 0.6 is 0 Å². The monoisotopic (exact) mass is 414 g/mol. The van der Waals surface area contributed by atoms with Crippen molar-refractivity contribution in [2.75, 3.05) is 32.8 Å². The van der Waals surface area contributed by atoms with Crippen LogP contribution in [-0.4, -0.2) is 53.4 Å². The average molecular weight is 415 g/mol. The van der Waals surface area contributed by atoms with Crippen molar-refractivity contribution < 1.29 is 13.9 Å². The van der Waals surface area contributed by atoms with Crippen LogP contribution in [0.3, 0.4) is 0 Å². The molecule has 162 valence electrons. The number of carbonyl (C=O) groups is 1. The van der Waals surface area contributed by atoms with Gasteiger partial charge < -0.3 is 10.1 Å². The highest BCUT2D eigenvalue weighted by Crippen LogP contribution is 2.40. The number of amides is 1. The van der Waals surface area contributed by atoms with E-state index in [0.29, 0.717) is 31.4 Å². The molecule has 2 aromatic rings. The molecule has 7 heteroatoms. The summed E-state index contributed by atoms with van der Waals surface area (Å²) in [6, 6.07) is 8.45. The average Bonchev–Trinajstić information content (AvgIpc) is 3.47. The van der Waals surface area contributed by atoms with Crippen LogP contribution in [0.15, 0.2) is 30.3 Å². The van der Waals surface area contributed by atoms with Gasteiger partial charge in [0.1, 0.15) is 11.5 Å². The maximum atomic E-state index is 13.4. The lowest BCUT2D eigenvalue weighted by molar-refractivity contribution is 0.0161. The minimum absolute atomic E-state index is 0.0349. The highest BCUT2D eigenvalue weighted by atomic mass is 19.1. The predicted molar refractivity (Wildman–Crippen MR) is 113 cm³/mol. The van der Waals surface area contributed by atoms with Crippen LogP contribution in [0.1, 0.15) is 67.3 Å². The van der Waals surface area contributed by atoms with E-state index in [9.17, 15) is 9.18 Å². The molecule has 1 aromatic heterocycles. The second-order valence-electron chi connectivity index (χ2n) is 9.24. The summed E-state index contributed by atoms with van der Waals surface area (Å²) in [5.41, 5.74) is 2.32. The van der Waals surface area contributed by atoms with Crippen molar-refractivity contribution in [2.45, 2.75) is 51.1 Å². The van der Waals surface area contributed by atoms with Crippen molar-refractivity contribution in [1.82, 2.24) is 20.0 Å². The van der Waals surface area contributed by atoms with E-state index >= 15 is 0 Å². The SMILES string of the molecule is CC(C)(C)n1nc(C2CC2)cc1C(=O)NC[C@H](c1ccc(F)cc1)N1CCOCC1. The molecule has 0 radical (unpaired) electrons. The summed E-state index contributed by atoms with van der Waals surface area (Å²) in [6.07, 6.45) is 2.29. The number of aromatic nitrogens is 2. The van der Waals surface area contributed by atoms with Crippen molar-refractivity contribution in [1.29, 1.82) is 0 Å². The van der Waals surface area contributed by atoms with Gasteiger partial charge in [0.2, 0.25) is 0 Å². The molecule has 6 nitrogen and oxygen atoms in total. The zero-order valence-electron chi connectivity index (χ0n) is 18.0. The Morgan fingerprint density at radius 3 is 2.50 bits per heavy atom. The van der Waals surface area contributed by atoms with Gasteiger partial charge in [-0.1, -0.05) is 12.1 Å². The van der Waals surface area contributed by atoms with Crippen LogP contribution in [0.5, 0.6) is 0 Å². The maximum Gasteiger partial charge on any atom is 0.269 e. The molecule has 2 heterocycles. The first-order valence-electron chi connectivity index (χ1n) is 10.8. The molecule has 1 amide bonds. The Morgan fingerprint density at radius 1 is 1.23 bits per heavy atom. The van der Waals surface area contributed by atoms with Gasteiger partial charge in [-0.2, -0.15) is 5.10 Å². The van der Waals surface area contributed by atoms with Crippen LogP contribution in [0.25, 0.3) is 0 Å². The van der Waals surface area contributed by atoms with Gasteiger partial charge >= 0.3 is 0 Å². The van der Waals surface area contributed by atoms with Crippen LogP contribution in [0.2, 0.25) is 0 Å². The fourth-order valence-electron chi connectivity index (χ4n) is 3.96. The number of ether oxygens (including phenoxy) is 1. The number of benzene rings is 1. The van der Waals surface area contributed by atoms with Gasteiger partial charge in [-0.3, -0.25) is 14.4 Å². The van der Waals surface area contributed by atoms with Gasteiger partial charge in [-0.25, -0.2) is 4.39 Å². The molecule has 1 N–H and O–H groups in total. The third-order valence-corrected chi connectivity index (χ3v) is 5.79. The van der Waals surface area contributed by atoms with E-state index in [1.54, 1.807) is 12.1 Å². The fraction of sp³-hybridized carbons (Fsp3) is 0.565. The molecule has 0 unspecified atom stereocenters. The third kappa shape index (κ3) is 4.73. The Kier molecular flexibility index (Phi) is 5.93. The molecule has 1 saturated heterocycles. The molecule has 1 saturated carbocycles. The lowest BCUT2D eigenvalue weighted by Crippen LogP contribution is -2.44. The quantitative estimate of drug-likeness (QED) is 0.787. The van der Waals surface area contributed by atoms with E-state index in [4.69, 9.17) is 9.84 Å². The maximum absolute atomic E-state index is 13.4. The number of rotatable bonds is 6. The zero-order chi connectivity index (χ0) is 21.3. The highest BCUT2D eigenvalue weighted by molar-refractivity contribution is 5.92. The molecule has 0 spiro atoms. The molecule has 1 atom stereocenters. The standard InChI is InChI=1S/C23H31FN4O2/c1-23(2,3)28-20(14-19(26-28)16-4-5-16)22(29)25-15-21(27-10-12-30-13-11-27)17-6-8-18(24)9-7-17/h6-9,14,16,21H,4-5,10-13,15H2,1-3H3,(H,25,29)/t21-/m1/s1. The molecule has 0 bridgehead atoms. The Labute approximate surface area is 177 Å². The summed E-state index contributed by atoms with van der Waals surface area (Å²) < 4.78 is 20.8. The Morgan fingerprint density at radius 2 is 1.90 bits per heavy atom. The van der Waals surface area contributed by atoms with Crippen molar-refractivity contribution in [3.05, 3.63) is 53.1 Å². The minimum atomic E-state index is -0.277. The Balaban J connectivity index is 1.53. The first kappa shape index (κ1) is 21.0. The first-order chi connectivity index (χ1) is 14.3. The summed E-state index contributed by atoms with van der Waals surface area (Å²) in [7, 11) is 0. The first-order valence-corrected chi connectivity index (χ1v) is 10.8. The third-order valence-electron chi connectivity index (χ3n) is 5.79. The number of hydrogen-bond acceptors (Lipinski definition) is 4. The molecule has 2 aliphatic rings. The van der Waals surface area contributed by atoms with Crippen molar-refractivity contribution in [3.63, 3.8) is 0 Å². The number of carbonyl (C=O) groups excluding carboxylic acids is 1. The Hall–Kier alpha value is -2.25. The summed E-state index contributed by atoms with van der Waals surface area (Å²) in [6.45, 7) is 9.50. The van der Waals surface area contributed by atoms with E-state index in [0.717, 1.165) is 37.2 Å². The van der Waals surface area contributed by atoms with Gasteiger partial charge in [0.05, 0.1) is 30.5 Å². The molecule has 1 aliphatic heterocycles. The number of nitrogens with one attached hydrogen (secondary N) is 1. The van der Waals surface area contributed by atoms with Gasteiger partial charge in [0.25, 0.3) is 5.91 Å². The summed E-state index contributed by atoms with van der Waals surface area (Å²) >= 11 is 0. The van der Waals surface area contributed by atoms with Gasteiger partial charge in [-0.15, -0.1) is 0 Å². The summed E-state index contributed by atoms with van der Waals surface area (Å²) in [5.74, 6) is 0.107. The van der Waals surface area contributed by atoms with E-state index in [1.165, 1.54) is 12.1 Å². The van der Waals surface area contributed by atoms with Gasteiger partial charge in [-0.05, 0) is 57.4 Å². The molecular weight excluding hydrogens is 383 g/mol. The minimum Gasteiger partial charge on any atom is -0.379 e. The second-order valence-corrected chi connectivity index (χ2v) is 9.24. The lowest BCUT2D eigenvalue weighted by Gasteiger charge is -2.35.